The molecule has 9 heteroatoms. The molecule has 1 heterocycles. The summed E-state index contributed by atoms with van der Waals surface area (Å²) in [5.41, 5.74) is 3.35. The summed E-state index contributed by atoms with van der Waals surface area (Å²) >= 11 is 6.18. The van der Waals surface area contributed by atoms with Crippen LogP contribution in [0.15, 0.2) is 71.6 Å². The molecule has 0 aliphatic carbocycles. The van der Waals surface area contributed by atoms with Crippen LogP contribution in [0.4, 0.5) is 5.69 Å². The zero-order valence-corrected chi connectivity index (χ0v) is 19.5. The van der Waals surface area contributed by atoms with Crippen molar-refractivity contribution in [3.8, 4) is 0 Å². The maximum atomic E-state index is 12.8. The van der Waals surface area contributed by atoms with E-state index in [4.69, 9.17) is 11.6 Å². The van der Waals surface area contributed by atoms with Gasteiger partial charge in [-0.2, -0.15) is 0 Å². The van der Waals surface area contributed by atoms with Gasteiger partial charge in [0.1, 0.15) is 5.82 Å². The third-order valence-corrected chi connectivity index (χ3v) is 6.79. The van der Waals surface area contributed by atoms with Crippen LogP contribution in [0.1, 0.15) is 28.2 Å². The van der Waals surface area contributed by atoms with Crippen molar-refractivity contribution < 1.29 is 13.2 Å². The van der Waals surface area contributed by atoms with E-state index in [1.165, 1.54) is 18.2 Å². The Bertz CT molecular complexity index is 1380. The minimum atomic E-state index is -3.88. The van der Waals surface area contributed by atoms with Gasteiger partial charge in [-0.1, -0.05) is 35.9 Å². The Kier molecular flexibility index (Phi) is 6.67. The maximum Gasteiger partial charge on any atom is 0.261 e. The van der Waals surface area contributed by atoms with Crippen molar-refractivity contribution in [2.45, 2.75) is 24.7 Å². The Balaban J connectivity index is 1.39. The lowest BCUT2D eigenvalue weighted by molar-refractivity contribution is 0.0953. The number of aromatic nitrogens is 2. The number of carbonyl (C=O) groups is 1. The quantitative estimate of drug-likeness (QED) is 0.317. The number of amides is 1. The monoisotopic (exact) mass is 482 g/mol. The molecule has 0 spiro atoms. The van der Waals surface area contributed by atoms with E-state index >= 15 is 0 Å². The summed E-state index contributed by atoms with van der Waals surface area (Å²) in [6.45, 7) is 2.27. The number of hydrogen-bond acceptors (Lipinski definition) is 4. The van der Waals surface area contributed by atoms with E-state index in [9.17, 15) is 13.2 Å². The SMILES string of the molecule is Cc1cccc(NS(=O)(=O)c2ccc(Cl)c(C(=O)NCCCc3nc4ccccc4[nH]3)c2)c1. The van der Waals surface area contributed by atoms with Crippen LogP contribution in [0.25, 0.3) is 11.0 Å². The first-order chi connectivity index (χ1) is 15.8. The summed E-state index contributed by atoms with van der Waals surface area (Å²) in [7, 11) is -3.88. The Morgan fingerprint density at radius 1 is 1.06 bits per heavy atom. The molecule has 4 rings (SSSR count). The Morgan fingerprint density at radius 2 is 1.88 bits per heavy atom. The molecule has 0 saturated carbocycles. The molecule has 1 aromatic heterocycles. The Morgan fingerprint density at radius 3 is 2.67 bits per heavy atom. The van der Waals surface area contributed by atoms with Crippen molar-refractivity contribution >= 4 is 44.3 Å². The second-order valence-electron chi connectivity index (χ2n) is 7.68. The molecule has 0 unspecified atom stereocenters. The van der Waals surface area contributed by atoms with Gasteiger partial charge in [0.15, 0.2) is 0 Å². The maximum absolute atomic E-state index is 12.8. The Hall–Kier alpha value is -3.36. The summed E-state index contributed by atoms with van der Waals surface area (Å²) in [5.74, 6) is 0.413. The summed E-state index contributed by atoms with van der Waals surface area (Å²) < 4.78 is 28.1. The predicted octanol–water partition coefficient (Wildman–Crippen LogP) is 4.69. The predicted molar refractivity (Wildman–Crippen MR) is 130 cm³/mol. The average Bonchev–Trinajstić information content (AvgIpc) is 3.19. The molecule has 1 amide bonds. The molecular formula is C24H23ClN4O3S. The highest BCUT2D eigenvalue weighted by molar-refractivity contribution is 7.92. The van der Waals surface area contributed by atoms with Crippen molar-refractivity contribution in [1.82, 2.24) is 15.3 Å². The summed E-state index contributed by atoms with van der Waals surface area (Å²) in [6, 6.07) is 18.9. The van der Waals surface area contributed by atoms with E-state index in [2.05, 4.69) is 20.0 Å². The molecule has 170 valence electrons. The number of aromatic amines is 1. The van der Waals surface area contributed by atoms with E-state index in [-0.39, 0.29) is 15.5 Å². The molecule has 0 saturated heterocycles. The number of carbonyl (C=O) groups excluding carboxylic acids is 1. The van der Waals surface area contributed by atoms with Crippen molar-refractivity contribution in [1.29, 1.82) is 0 Å². The summed E-state index contributed by atoms with van der Waals surface area (Å²) in [6.07, 6.45) is 1.33. The van der Waals surface area contributed by atoms with Gasteiger partial charge in [0.2, 0.25) is 0 Å². The van der Waals surface area contributed by atoms with Gasteiger partial charge < -0.3 is 10.3 Å². The van der Waals surface area contributed by atoms with Gasteiger partial charge in [-0.05, 0) is 61.4 Å². The van der Waals surface area contributed by atoms with E-state index in [1.54, 1.807) is 18.2 Å². The van der Waals surface area contributed by atoms with Crippen molar-refractivity contribution in [2.24, 2.45) is 0 Å². The molecular weight excluding hydrogens is 460 g/mol. The lowest BCUT2D eigenvalue weighted by Crippen LogP contribution is -2.25. The molecule has 33 heavy (non-hydrogen) atoms. The standard InChI is InChI=1S/C24H23ClN4O3S/c1-16-6-4-7-17(14-16)29-33(31,32)18-11-12-20(25)19(15-18)24(30)26-13-5-10-23-27-21-8-2-3-9-22(21)28-23/h2-4,6-9,11-12,14-15,29H,5,10,13H2,1H3,(H,26,30)(H,27,28). The van der Waals surface area contributed by atoms with Crippen LogP contribution in [0.5, 0.6) is 0 Å². The van der Waals surface area contributed by atoms with Crippen LogP contribution >= 0.6 is 11.6 Å². The number of imidazole rings is 1. The minimum Gasteiger partial charge on any atom is -0.352 e. The van der Waals surface area contributed by atoms with E-state index in [1.807, 2.05) is 37.3 Å². The normalized spacial score (nSPS) is 11.5. The first-order valence-electron chi connectivity index (χ1n) is 10.4. The van der Waals surface area contributed by atoms with Gasteiger partial charge in [-0.3, -0.25) is 9.52 Å². The number of hydrogen-bond donors (Lipinski definition) is 3. The van der Waals surface area contributed by atoms with Crippen molar-refractivity contribution in [3.05, 3.63) is 88.7 Å². The fraction of sp³-hybridized carbons (Fsp3) is 0.167. The molecule has 0 fully saturated rings. The highest BCUT2D eigenvalue weighted by Crippen LogP contribution is 2.23. The highest BCUT2D eigenvalue weighted by atomic mass is 35.5. The second kappa shape index (κ2) is 9.64. The number of nitrogens with one attached hydrogen (secondary N) is 3. The smallest absolute Gasteiger partial charge is 0.261 e. The van der Waals surface area contributed by atoms with Crippen molar-refractivity contribution in [2.75, 3.05) is 11.3 Å². The topological polar surface area (TPSA) is 104 Å². The number of rotatable bonds is 8. The van der Waals surface area contributed by atoms with E-state index < -0.39 is 15.9 Å². The zero-order chi connectivity index (χ0) is 23.4. The molecule has 0 radical (unpaired) electrons. The van der Waals surface area contributed by atoms with Gasteiger partial charge in [-0.15, -0.1) is 0 Å². The third-order valence-electron chi connectivity index (χ3n) is 5.08. The molecule has 0 aliphatic heterocycles. The van der Waals surface area contributed by atoms with E-state index in [0.29, 0.717) is 25.1 Å². The number of anilines is 1. The molecule has 0 aliphatic rings. The lowest BCUT2D eigenvalue weighted by atomic mass is 10.2. The van der Waals surface area contributed by atoms with Crippen LogP contribution in [0, 0.1) is 6.92 Å². The average molecular weight is 483 g/mol. The number of para-hydroxylation sites is 2. The van der Waals surface area contributed by atoms with Gasteiger partial charge in [0.05, 0.1) is 26.5 Å². The number of fused-ring (bicyclic) bond motifs is 1. The number of H-pyrrole nitrogens is 1. The molecule has 3 aromatic carbocycles. The first kappa shape index (κ1) is 22.8. The van der Waals surface area contributed by atoms with Crippen LogP contribution in [-0.2, 0) is 16.4 Å². The van der Waals surface area contributed by atoms with Crippen LogP contribution in [-0.4, -0.2) is 30.8 Å². The third kappa shape index (κ3) is 5.53. The van der Waals surface area contributed by atoms with Crippen LogP contribution in [0.3, 0.4) is 0 Å². The number of benzene rings is 3. The highest BCUT2D eigenvalue weighted by Gasteiger charge is 2.19. The molecule has 0 atom stereocenters. The second-order valence-corrected chi connectivity index (χ2v) is 9.77. The number of nitrogens with zero attached hydrogens (tertiary/aromatic N) is 1. The van der Waals surface area contributed by atoms with Gasteiger partial charge in [0, 0.05) is 18.7 Å². The fourth-order valence-electron chi connectivity index (χ4n) is 3.45. The first-order valence-corrected chi connectivity index (χ1v) is 12.3. The van der Waals surface area contributed by atoms with Gasteiger partial charge >= 0.3 is 0 Å². The van der Waals surface area contributed by atoms with Crippen molar-refractivity contribution in [3.63, 3.8) is 0 Å². The zero-order valence-electron chi connectivity index (χ0n) is 17.9. The molecule has 3 N–H and O–H groups in total. The van der Waals surface area contributed by atoms with Gasteiger partial charge in [0.25, 0.3) is 15.9 Å². The van der Waals surface area contributed by atoms with E-state index in [0.717, 1.165) is 22.4 Å². The summed E-state index contributed by atoms with van der Waals surface area (Å²) in [5, 5.41) is 2.98. The number of sulfonamides is 1. The number of aryl methyl sites for hydroxylation is 2. The molecule has 4 aromatic rings. The van der Waals surface area contributed by atoms with Crippen LogP contribution < -0.4 is 10.0 Å². The fourth-order valence-corrected chi connectivity index (χ4v) is 4.72. The minimum absolute atomic E-state index is 0.0409. The molecule has 0 bridgehead atoms. The molecule has 7 nitrogen and oxygen atoms in total. The lowest BCUT2D eigenvalue weighted by Gasteiger charge is -2.11. The number of halogens is 1. The van der Waals surface area contributed by atoms with Gasteiger partial charge in [-0.25, -0.2) is 13.4 Å². The van der Waals surface area contributed by atoms with Crippen LogP contribution in [0.2, 0.25) is 5.02 Å². The Labute approximate surface area is 197 Å². The largest absolute Gasteiger partial charge is 0.352 e. The summed E-state index contributed by atoms with van der Waals surface area (Å²) in [4.78, 5) is 20.4.